The van der Waals surface area contributed by atoms with Crippen molar-refractivity contribution in [3.05, 3.63) is 28.7 Å². The van der Waals surface area contributed by atoms with Gasteiger partial charge in [-0.25, -0.2) is 4.98 Å². The highest BCUT2D eigenvalue weighted by atomic mass is 15.1. The number of nitrogens with one attached hydrogen (secondary N) is 1. The number of hydrogen-bond acceptors (Lipinski definition) is 2. The van der Waals surface area contributed by atoms with Crippen LogP contribution in [0.2, 0.25) is 0 Å². The van der Waals surface area contributed by atoms with E-state index in [0.29, 0.717) is 6.54 Å². The maximum absolute atomic E-state index is 7.89. The summed E-state index contributed by atoms with van der Waals surface area (Å²) in [6.45, 7) is 0.319. The van der Waals surface area contributed by atoms with E-state index in [9.17, 15) is 0 Å². The van der Waals surface area contributed by atoms with E-state index in [2.05, 4.69) is 20.0 Å². The second-order valence-electron chi connectivity index (χ2n) is 1.45. The predicted octanol–water partition coefficient (Wildman–Crippen LogP) is 1.22. The monoisotopic (exact) mass is 123 g/mol. The molecule has 1 N–H and O–H groups in total. The Balaban J connectivity index is 2.57. The van der Waals surface area contributed by atoms with Crippen LogP contribution < -0.4 is 0 Å². The molecule has 46 valence electrons. The van der Waals surface area contributed by atoms with Gasteiger partial charge in [-0.3, -0.25) is 0 Å². The quantitative estimate of drug-likeness (QED) is 0.358. The summed E-state index contributed by atoms with van der Waals surface area (Å²) in [6.07, 6.45) is 3.23. The van der Waals surface area contributed by atoms with Crippen LogP contribution in [0.15, 0.2) is 17.6 Å². The predicted molar refractivity (Wildman–Crippen MR) is 31.4 cm³/mol. The van der Waals surface area contributed by atoms with Gasteiger partial charge in [-0.05, 0) is 5.53 Å². The standard InChI is InChI=1S/C4H5N5/c5-9-8-2-4-1-6-3-7-4/h1,3H,2H2,(H,6,7). The largest absolute Gasteiger partial charge is 0.351 e. The SMILES string of the molecule is [N-]=[N+]=NCc1c[nH]cn1. The first-order chi connectivity index (χ1) is 4.43. The fourth-order valence-electron chi connectivity index (χ4n) is 0.481. The van der Waals surface area contributed by atoms with Gasteiger partial charge in [-0.2, -0.15) is 0 Å². The minimum atomic E-state index is 0.319. The number of hydrogen-bond donors (Lipinski definition) is 1. The molecule has 0 bridgehead atoms. The normalized spacial score (nSPS) is 8.44. The first kappa shape index (κ1) is 5.65. The molecule has 0 aliphatic heterocycles. The van der Waals surface area contributed by atoms with Crippen molar-refractivity contribution in [1.82, 2.24) is 9.97 Å². The van der Waals surface area contributed by atoms with Crippen molar-refractivity contribution in [3.63, 3.8) is 0 Å². The molecule has 0 amide bonds. The van der Waals surface area contributed by atoms with Crippen LogP contribution >= 0.6 is 0 Å². The highest BCUT2D eigenvalue weighted by Gasteiger charge is 1.87. The molecule has 0 atom stereocenters. The number of aromatic amines is 1. The van der Waals surface area contributed by atoms with Gasteiger partial charge < -0.3 is 4.98 Å². The zero-order valence-electron chi connectivity index (χ0n) is 4.65. The molecule has 1 heterocycles. The third-order valence-electron chi connectivity index (χ3n) is 0.851. The van der Waals surface area contributed by atoms with Crippen LogP contribution in [0, 0.1) is 0 Å². The van der Waals surface area contributed by atoms with E-state index >= 15 is 0 Å². The zero-order valence-corrected chi connectivity index (χ0v) is 4.65. The maximum atomic E-state index is 7.89. The van der Waals surface area contributed by atoms with Crippen molar-refractivity contribution in [2.75, 3.05) is 0 Å². The van der Waals surface area contributed by atoms with Crippen molar-refractivity contribution in [3.8, 4) is 0 Å². The Morgan fingerprint density at radius 1 is 1.89 bits per heavy atom. The van der Waals surface area contributed by atoms with Crippen LogP contribution in [0.25, 0.3) is 10.4 Å². The molecular weight excluding hydrogens is 118 g/mol. The molecule has 0 saturated carbocycles. The van der Waals surface area contributed by atoms with E-state index in [0.717, 1.165) is 5.69 Å². The van der Waals surface area contributed by atoms with Gasteiger partial charge in [0.1, 0.15) is 0 Å². The van der Waals surface area contributed by atoms with E-state index in [-0.39, 0.29) is 0 Å². The van der Waals surface area contributed by atoms with Crippen LogP contribution in [0.1, 0.15) is 5.69 Å². The highest BCUT2D eigenvalue weighted by molar-refractivity contribution is 4.92. The lowest BCUT2D eigenvalue weighted by Crippen LogP contribution is -1.75. The number of H-pyrrole nitrogens is 1. The Kier molecular flexibility index (Phi) is 1.72. The first-order valence-corrected chi connectivity index (χ1v) is 2.42. The van der Waals surface area contributed by atoms with Crippen LogP contribution in [0.4, 0.5) is 0 Å². The van der Waals surface area contributed by atoms with Gasteiger partial charge in [0, 0.05) is 11.1 Å². The molecule has 0 saturated heterocycles. The van der Waals surface area contributed by atoms with Gasteiger partial charge in [0.15, 0.2) is 0 Å². The minimum Gasteiger partial charge on any atom is -0.351 e. The first-order valence-electron chi connectivity index (χ1n) is 2.42. The lowest BCUT2D eigenvalue weighted by atomic mass is 10.5. The highest BCUT2D eigenvalue weighted by Crippen LogP contribution is 1.92. The minimum absolute atomic E-state index is 0.319. The van der Waals surface area contributed by atoms with Crippen molar-refractivity contribution in [1.29, 1.82) is 0 Å². The number of imidazole rings is 1. The molecule has 0 unspecified atom stereocenters. The van der Waals surface area contributed by atoms with Gasteiger partial charge in [0.2, 0.25) is 0 Å². The Labute approximate surface area is 51.4 Å². The molecule has 0 aliphatic rings. The summed E-state index contributed by atoms with van der Waals surface area (Å²) in [4.78, 5) is 9.16. The lowest BCUT2D eigenvalue weighted by Gasteiger charge is -1.78. The summed E-state index contributed by atoms with van der Waals surface area (Å²) in [6, 6.07) is 0. The van der Waals surface area contributed by atoms with Gasteiger partial charge in [-0.1, -0.05) is 5.11 Å². The van der Waals surface area contributed by atoms with Crippen molar-refractivity contribution >= 4 is 0 Å². The summed E-state index contributed by atoms with van der Waals surface area (Å²) in [5.74, 6) is 0. The molecule has 9 heavy (non-hydrogen) atoms. The fraction of sp³-hybridized carbons (Fsp3) is 0.250. The summed E-state index contributed by atoms with van der Waals surface area (Å²) in [7, 11) is 0. The number of rotatable bonds is 2. The molecule has 0 spiro atoms. The maximum Gasteiger partial charge on any atom is 0.0923 e. The topological polar surface area (TPSA) is 77.4 Å². The molecule has 1 rings (SSSR count). The fourth-order valence-corrected chi connectivity index (χ4v) is 0.481. The average molecular weight is 123 g/mol. The second kappa shape index (κ2) is 2.74. The second-order valence-corrected chi connectivity index (χ2v) is 1.45. The van der Waals surface area contributed by atoms with E-state index in [4.69, 9.17) is 5.53 Å². The Morgan fingerprint density at radius 2 is 2.78 bits per heavy atom. The Bertz CT molecular complexity index is 207. The number of aromatic nitrogens is 2. The van der Waals surface area contributed by atoms with Crippen molar-refractivity contribution < 1.29 is 0 Å². The van der Waals surface area contributed by atoms with Crippen molar-refractivity contribution in [2.45, 2.75) is 6.54 Å². The molecule has 0 radical (unpaired) electrons. The van der Waals surface area contributed by atoms with Crippen LogP contribution in [-0.2, 0) is 6.54 Å². The zero-order chi connectivity index (χ0) is 6.53. The van der Waals surface area contributed by atoms with Gasteiger partial charge in [0.25, 0.3) is 0 Å². The molecule has 5 heteroatoms. The average Bonchev–Trinajstić information content (AvgIpc) is 2.34. The summed E-state index contributed by atoms with van der Waals surface area (Å²) >= 11 is 0. The summed E-state index contributed by atoms with van der Waals surface area (Å²) in [5.41, 5.74) is 8.64. The van der Waals surface area contributed by atoms with Crippen molar-refractivity contribution in [2.24, 2.45) is 5.11 Å². The van der Waals surface area contributed by atoms with Gasteiger partial charge >= 0.3 is 0 Å². The third kappa shape index (κ3) is 1.47. The lowest BCUT2D eigenvalue weighted by molar-refractivity contribution is 0.995. The number of azide groups is 1. The Hall–Kier alpha value is -1.48. The van der Waals surface area contributed by atoms with E-state index < -0.39 is 0 Å². The third-order valence-corrected chi connectivity index (χ3v) is 0.851. The Morgan fingerprint density at radius 3 is 3.33 bits per heavy atom. The number of nitrogens with zero attached hydrogens (tertiary/aromatic N) is 4. The molecule has 0 aliphatic carbocycles. The molecule has 5 nitrogen and oxygen atoms in total. The molecular formula is C4H5N5. The molecule has 1 aromatic rings. The van der Waals surface area contributed by atoms with Crippen LogP contribution in [-0.4, -0.2) is 9.97 Å². The van der Waals surface area contributed by atoms with E-state index in [1.54, 1.807) is 12.5 Å². The van der Waals surface area contributed by atoms with E-state index in [1.807, 2.05) is 0 Å². The van der Waals surface area contributed by atoms with Gasteiger partial charge in [-0.15, -0.1) is 0 Å². The molecule has 1 aromatic heterocycles. The van der Waals surface area contributed by atoms with Crippen LogP contribution in [0.5, 0.6) is 0 Å². The van der Waals surface area contributed by atoms with Gasteiger partial charge in [0.05, 0.1) is 18.6 Å². The molecule has 0 fully saturated rings. The van der Waals surface area contributed by atoms with E-state index in [1.165, 1.54) is 0 Å². The smallest absolute Gasteiger partial charge is 0.0923 e. The molecule has 0 aromatic carbocycles. The summed E-state index contributed by atoms with van der Waals surface area (Å²) in [5, 5.41) is 3.31. The van der Waals surface area contributed by atoms with Crippen LogP contribution in [0.3, 0.4) is 0 Å². The summed E-state index contributed by atoms with van der Waals surface area (Å²) < 4.78 is 0.